The van der Waals surface area contributed by atoms with Crippen LogP contribution in [0.1, 0.15) is 18.9 Å². The maximum atomic E-state index is 10.7. The molecule has 0 aliphatic carbocycles. The van der Waals surface area contributed by atoms with E-state index in [1.807, 2.05) is 37.3 Å². The zero-order chi connectivity index (χ0) is 15.1. The average molecular weight is 286 g/mol. The number of benzene rings is 1. The van der Waals surface area contributed by atoms with E-state index in [-0.39, 0.29) is 6.42 Å². The molecule has 0 aliphatic rings. The summed E-state index contributed by atoms with van der Waals surface area (Å²) < 4.78 is 0. The third kappa shape index (κ3) is 4.45. The Bertz CT molecular complexity index is 602. The summed E-state index contributed by atoms with van der Waals surface area (Å²) in [6.45, 7) is 2.68. The van der Waals surface area contributed by atoms with E-state index < -0.39 is 5.97 Å². The van der Waals surface area contributed by atoms with E-state index in [0.717, 1.165) is 11.3 Å². The van der Waals surface area contributed by atoms with Crippen molar-refractivity contribution in [3.05, 3.63) is 42.1 Å². The average Bonchev–Trinajstić information content (AvgIpc) is 2.48. The number of nitrogens with one attached hydrogen (secondary N) is 2. The van der Waals surface area contributed by atoms with Crippen molar-refractivity contribution in [1.29, 1.82) is 0 Å². The first-order valence-corrected chi connectivity index (χ1v) is 6.82. The number of carboxylic acids is 1. The lowest BCUT2D eigenvalue weighted by Crippen LogP contribution is -2.08. The van der Waals surface area contributed by atoms with E-state index >= 15 is 0 Å². The largest absolute Gasteiger partial charge is 0.481 e. The molecule has 0 amide bonds. The van der Waals surface area contributed by atoms with E-state index in [1.54, 1.807) is 6.20 Å². The molecule has 0 radical (unpaired) electrons. The van der Waals surface area contributed by atoms with Gasteiger partial charge in [-0.3, -0.25) is 4.79 Å². The molecule has 1 aromatic heterocycles. The van der Waals surface area contributed by atoms with E-state index in [2.05, 4.69) is 20.6 Å². The molecule has 3 N–H and O–H groups in total. The van der Waals surface area contributed by atoms with Gasteiger partial charge >= 0.3 is 5.97 Å². The predicted octanol–water partition coefficient (Wildman–Crippen LogP) is 2.67. The highest BCUT2D eigenvalue weighted by molar-refractivity contribution is 5.67. The molecule has 0 unspecified atom stereocenters. The van der Waals surface area contributed by atoms with Crippen LogP contribution in [-0.2, 0) is 11.2 Å². The summed E-state index contributed by atoms with van der Waals surface area (Å²) in [5, 5.41) is 15.0. The second kappa shape index (κ2) is 7.23. The molecule has 110 valence electrons. The Balaban J connectivity index is 2.16. The first-order chi connectivity index (χ1) is 10.2. The van der Waals surface area contributed by atoms with Gasteiger partial charge in [-0.05, 0) is 25.5 Å². The number of aromatic nitrogens is 2. The number of rotatable bonds is 7. The molecule has 1 aromatic carbocycles. The fraction of sp³-hybridized carbons (Fsp3) is 0.267. The quantitative estimate of drug-likeness (QED) is 0.725. The number of carbonyl (C=O) groups is 1. The maximum absolute atomic E-state index is 10.7. The Morgan fingerprint density at radius 1 is 1.29 bits per heavy atom. The summed E-state index contributed by atoms with van der Waals surface area (Å²) in [5.41, 5.74) is 1.70. The molecule has 0 saturated heterocycles. The van der Waals surface area contributed by atoms with Crippen molar-refractivity contribution in [3.63, 3.8) is 0 Å². The summed E-state index contributed by atoms with van der Waals surface area (Å²) in [7, 11) is 0. The number of anilines is 3. The highest BCUT2D eigenvalue weighted by atomic mass is 16.4. The van der Waals surface area contributed by atoms with E-state index in [9.17, 15) is 4.79 Å². The minimum Gasteiger partial charge on any atom is -0.481 e. The number of aliphatic carboxylic acids is 1. The summed E-state index contributed by atoms with van der Waals surface area (Å²) in [5.74, 6) is 0.326. The zero-order valence-electron chi connectivity index (χ0n) is 11.8. The lowest BCUT2D eigenvalue weighted by atomic mass is 10.2. The van der Waals surface area contributed by atoms with Gasteiger partial charge in [0.1, 0.15) is 5.82 Å². The molecule has 21 heavy (non-hydrogen) atoms. The van der Waals surface area contributed by atoms with Crippen LogP contribution in [0.4, 0.5) is 17.5 Å². The standard InChI is InChI=1S/C15H18N4O2/c1-2-16-14-11(8-9-13(20)21)10-17-15(19-14)18-12-6-4-3-5-7-12/h3-7,10H,2,8-9H2,1H3,(H,20,21)(H2,16,17,18,19). The van der Waals surface area contributed by atoms with Gasteiger partial charge in [-0.1, -0.05) is 18.2 Å². The molecule has 1 heterocycles. The van der Waals surface area contributed by atoms with Crippen LogP contribution in [0.5, 0.6) is 0 Å². The van der Waals surface area contributed by atoms with Gasteiger partial charge in [0.2, 0.25) is 5.95 Å². The van der Waals surface area contributed by atoms with Crippen molar-refractivity contribution in [2.45, 2.75) is 19.8 Å². The highest BCUT2D eigenvalue weighted by Gasteiger charge is 2.08. The first-order valence-electron chi connectivity index (χ1n) is 6.82. The first kappa shape index (κ1) is 14.8. The van der Waals surface area contributed by atoms with Crippen LogP contribution >= 0.6 is 0 Å². The van der Waals surface area contributed by atoms with Crippen molar-refractivity contribution in [3.8, 4) is 0 Å². The van der Waals surface area contributed by atoms with Gasteiger partial charge in [-0.15, -0.1) is 0 Å². The summed E-state index contributed by atoms with van der Waals surface area (Å²) in [6.07, 6.45) is 2.13. The Kier molecular flexibility index (Phi) is 5.09. The molecule has 0 spiro atoms. The number of nitrogens with zero attached hydrogens (tertiary/aromatic N) is 2. The van der Waals surface area contributed by atoms with E-state index in [0.29, 0.717) is 24.7 Å². The minimum absolute atomic E-state index is 0.0627. The monoisotopic (exact) mass is 286 g/mol. The minimum atomic E-state index is -0.830. The smallest absolute Gasteiger partial charge is 0.303 e. The van der Waals surface area contributed by atoms with Crippen LogP contribution in [0, 0.1) is 0 Å². The molecule has 2 rings (SSSR count). The third-order valence-electron chi connectivity index (χ3n) is 2.85. The molecule has 6 nitrogen and oxygen atoms in total. The topological polar surface area (TPSA) is 87.1 Å². The molecule has 0 atom stereocenters. The summed E-state index contributed by atoms with van der Waals surface area (Å²) in [4.78, 5) is 19.3. The van der Waals surface area contributed by atoms with Crippen molar-refractivity contribution in [2.75, 3.05) is 17.2 Å². The molecule has 0 fully saturated rings. The Hall–Kier alpha value is -2.63. The van der Waals surface area contributed by atoms with Crippen LogP contribution in [-0.4, -0.2) is 27.6 Å². The number of carboxylic acid groups (broad SMARTS) is 1. The number of hydrogen-bond acceptors (Lipinski definition) is 5. The van der Waals surface area contributed by atoms with Gasteiger partial charge in [0, 0.05) is 30.4 Å². The molecule has 2 aromatic rings. The van der Waals surface area contributed by atoms with Crippen molar-refractivity contribution < 1.29 is 9.90 Å². The van der Waals surface area contributed by atoms with Gasteiger partial charge in [-0.2, -0.15) is 4.98 Å². The number of para-hydroxylation sites is 1. The van der Waals surface area contributed by atoms with Gasteiger partial charge < -0.3 is 15.7 Å². The molecule has 0 aliphatic heterocycles. The van der Waals surface area contributed by atoms with E-state index in [4.69, 9.17) is 5.11 Å². The van der Waals surface area contributed by atoms with Crippen LogP contribution < -0.4 is 10.6 Å². The lowest BCUT2D eigenvalue weighted by Gasteiger charge is -2.11. The number of aryl methyl sites for hydroxylation is 1. The maximum Gasteiger partial charge on any atom is 0.303 e. The second-order valence-corrected chi connectivity index (χ2v) is 4.48. The predicted molar refractivity (Wildman–Crippen MR) is 81.9 cm³/mol. The molecule has 0 saturated carbocycles. The van der Waals surface area contributed by atoms with Crippen molar-refractivity contribution in [2.24, 2.45) is 0 Å². The van der Waals surface area contributed by atoms with Crippen molar-refractivity contribution in [1.82, 2.24) is 9.97 Å². The Labute approximate surface area is 123 Å². The van der Waals surface area contributed by atoms with Crippen LogP contribution in [0.2, 0.25) is 0 Å². The molecular formula is C15H18N4O2. The lowest BCUT2D eigenvalue weighted by molar-refractivity contribution is -0.136. The third-order valence-corrected chi connectivity index (χ3v) is 2.85. The normalized spacial score (nSPS) is 10.1. The molecular weight excluding hydrogens is 268 g/mol. The summed E-state index contributed by atoms with van der Waals surface area (Å²) >= 11 is 0. The molecule has 6 heteroatoms. The Morgan fingerprint density at radius 2 is 2.05 bits per heavy atom. The fourth-order valence-corrected chi connectivity index (χ4v) is 1.86. The zero-order valence-corrected chi connectivity index (χ0v) is 11.8. The fourth-order valence-electron chi connectivity index (χ4n) is 1.86. The molecule has 0 bridgehead atoms. The number of hydrogen-bond donors (Lipinski definition) is 3. The highest BCUT2D eigenvalue weighted by Crippen LogP contribution is 2.18. The van der Waals surface area contributed by atoms with E-state index in [1.165, 1.54) is 0 Å². The van der Waals surface area contributed by atoms with Gasteiger partial charge in [0.05, 0.1) is 0 Å². The summed E-state index contributed by atoms with van der Waals surface area (Å²) in [6, 6.07) is 9.64. The van der Waals surface area contributed by atoms with Crippen LogP contribution in [0.3, 0.4) is 0 Å². The van der Waals surface area contributed by atoms with Gasteiger partial charge in [0.25, 0.3) is 0 Å². The van der Waals surface area contributed by atoms with Gasteiger partial charge in [0.15, 0.2) is 0 Å². The van der Waals surface area contributed by atoms with Crippen LogP contribution in [0.15, 0.2) is 36.5 Å². The van der Waals surface area contributed by atoms with Crippen LogP contribution in [0.25, 0.3) is 0 Å². The second-order valence-electron chi connectivity index (χ2n) is 4.48. The Morgan fingerprint density at radius 3 is 2.71 bits per heavy atom. The van der Waals surface area contributed by atoms with Crippen molar-refractivity contribution >= 4 is 23.4 Å². The van der Waals surface area contributed by atoms with Gasteiger partial charge in [-0.25, -0.2) is 4.98 Å². The SMILES string of the molecule is CCNc1nc(Nc2ccccc2)ncc1CCC(=O)O.